The molecule has 0 saturated carbocycles. The van der Waals surface area contributed by atoms with Crippen LogP contribution in [0.4, 0.5) is 0 Å². The monoisotopic (exact) mass is 372 g/mol. The van der Waals surface area contributed by atoms with Gasteiger partial charge in [-0.05, 0) is 37.7 Å². The van der Waals surface area contributed by atoms with Gasteiger partial charge in [0.2, 0.25) is 0 Å². The molecule has 1 aromatic rings. The second-order valence-electron chi connectivity index (χ2n) is 7.48. The van der Waals surface area contributed by atoms with Gasteiger partial charge in [-0.15, -0.1) is 0 Å². The minimum atomic E-state index is -0.0727. The second kappa shape index (κ2) is 17.8. The molecule has 0 fully saturated rings. The van der Waals surface area contributed by atoms with Gasteiger partial charge in [0.1, 0.15) is 6.61 Å². The molecule has 0 aliphatic heterocycles. The van der Waals surface area contributed by atoms with Crippen molar-refractivity contribution >= 4 is 5.97 Å². The number of hydrogen-bond acceptors (Lipinski definition) is 2. The van der Waals surface area contributed by atoms with Crippen LogP contribution in [0.15, 0.2) is 42.5 Å². The molecule has 0 aromatic heterocycles. The van der Waals surface area contributed by atoms with Crippen LogP contribution in [0.1, 0.15) is 102 Å². The van der Waals surface area contributed by atoms with E-state index >= 15 is 0 Å². The Labute approximate surface area is 167 Å². The van der Waals surface area contributed by atoms with Gasteiger partial charge in [0.15, 0.2) is 0 Å². The molecule has 0 saturated heterocycles. The summed E-state index contributed by atoms with van der Waals surface area (Å²) in [4.78, 5) is 11.7. The van der Waals surface area contributed by atoms with Crippen LogP contribution < -0.4 is 0 Å². The van der Waals surface area contributed by atoms with E-state index in [0.29, 0.717) is 13.0 Å². The van der Waals surface area contributed by atoms with Crippen molar-refractivity contribution in [1.82, 2.24) is 0 Å². The largest absolute Gasteiger partial charge is 0.461 e. The number of allylic oxidation sites excluding steroid dienone is 2. The molecule has 1 aromatic carbocycles. The number of rotatable bonds is 17. The van der Waals surface area contributed by atoms with Gasteiger partial charge in [0.05, 0.1) is 0 Å². The molecule has 0 amide bonds. The fraction of sp³-hybridized carbons (Fsp3) is 0.640. The topological polar surface area (TPSA) is 26.3 Å². The van der Waals surface area contributed by atoms with Crippen LogP contribution >= 0.6 is 0 Å². The molecule has 27 heavy (non-hydrogen) atoms. The fourth-order valence-corrected chi connectivity index (χ4v) is 3.15. The molecule has 0 unspecified atom stereocenters. The first-order chi connectivity index (χ1) is 13.3. The first-order valence-corrected chi connectivity index (χ1v) is 11.2. The minimum absolute atomic E-state index is 0.0727. The van der Waals surface area contributed by atoms with Crippen molar-refractivity contribution in [2.24, 2.45) is 0 Å². The highest BCUT2D eigenvalue weighted by atomic mass is 16.5. The predicted octanol–water partition coefficient (Wildman–Crippen LogP) is 7.77. The van der Waals surface area contributed by atoms with Crippen molar-refractivity contribution < 1.29 is 9.53 Å². The van der Waals surface area contributed by atoms with E-state index in [4.69, 9.17) is 4.74 Å². The Morgan fingerprint density at radius 2 is 1.33 bits per heavy atom. The molecule has 0 spiro atoms. The standard InChI is InChI=1S/C25H40O2/c1-2-3-4-5-6-7-8-9-10-11-12-13-14-15-19-22-25(26)27-23-24-20-17-16-18-21-24/h9-10,16-18,20-21H,2-8,11-15,19,22-23H2,1H3/b10-9+. The minimum Gasteiger partial charge on any atom is -0.461 e. The van der Waals surface area contributed by atoms with Crippen molar-refractivity contribution in [3.05, 3.63) is 48.0 Å². The Morgan fingerprint density at radius 3 is 1.96 bits per heavy atom. The molecule has 0 bridgehead atoms. The molecule has 0 atom stereocenters. The summed E-state index contributed by atoms with van der Waals surface area (Å²) in [7, 11) is 0. The Morgan fingerprint density at radius 1 is 0.778 bits per heavy atom. The highest BCUT2D eigenvalue weighted by molar-refractivity contribution is 5.69. The summed E-state index contributed by atoms with van der Waals surface area (Å²) in [5.41, 5.74) is 1.05. The molecule has 2 heteroatoms. The van der Waals surface area contributed by atoms with E-state index in [9.17, 15) is 4.79 Å². The molecular weight excluding hydrogens is 332 g/mol. The summed E-state index contributed by atoms with van der Waals surface area (Å²) in [5.74, 6) is -0.0727. The zero-order valence-corrected chi connectivity index (χ0v) is 17.5. The Bertz CT molecular complexity index is 478. The maximum atomic E-state index is 11.7. The number of unbranched alkanes of at least 4 members (excludes halogenated alkanes) is 11. The van der Waals surface area contributed by atoms with Gasteiger partial charge in [-0.1, -0.05) is 101 Å². The summed E-state index contributed by atoms with van der Waals surface area (Å²) >= 11 is 0. The predicted molar refractivity (Wildman–Crippen MR) is 116 cm³/mol. The van der Waals surface area contributed by atoms with E-state index in [2.05, 4.69) is 19.1 Å². The van der Waals surface area contributed by atoms with Crippen molar-refractivity contribution in [3.63, 3.8) is 0 Å². The molecular formula is C25H40O2. The Balaban J connectivity index is 1.82. The van der Waals surface area contributed by atoms with E-state index < -0.39 is 0 Å². The van der Waals surface area contributed by atoms with Crippen molar-refractivity contribution in [3.8, 4) is 0 Å². The first-order valence-electron chi connectivity index (χ1n) is 11.2. The average Bonchev–Trinajstić information content (AvgIpc) is 2.70. The van der Waals surface area contributed by atoms with E-state index in [1.807, 2.05) is 30.3 Å². The maximum absolute atomic E-state index is 11.7. The number of hydrogen-bond donors (Lipinski definition) is 0. The van der Waals surface area contributed by atoms with Crippen molar-refractivity contribution in [1.29, 1.82) is 0 Å². The molecule has 0 aliphatic carbocycles. The summed E-state index contributed by atoms with van der Waals surface area (Å²) in [6.45, 7) is 2.66. The van der Waals surface area contributed by atoms with Crippen LogP contribution in [0.2, 0.25) is 0 Å². The van der Waals surface area contributed by atoms with E-state index in [1.165, 1.54) is 70.6 Å². The molecule has 2 nitrogen and oxygen atoms in total. The third-order valence-corrected chi connectivity index (χ3v) is 4.89. The van der Waals surface area contributed by atoms with Crippen LogP contribution in [0.5, 0.6) is 0 Å². The van der Waals surface area contributed by atoms with Gasteiger partial charge < -0.3 is 4.74 Å². The van der Waals surface area contributed by atoms with Crippen LogP contribution in [0.25, 0.3) is 0 Å². The lowest BCUT2D eigenvalue weighted by molar-refractivity contribution is -0.145. The quantitative estimate of drug-likeness (QED) is 0.159. The lowest BCUT2D eigenvalue weighted by atomic mass is 10.1. The lowest BCUT2D eigenvalue weighted by Gasteiger charge is -2.05. The van der Waals surface area contributed by atoms with Crippen LogP contribution in [0.3, 0.4) is 0 Å². The average molecular weight is 373 g/mol. The van der Waals surface area contributed by atoms with Gasteiger partial charge in [0.25, 0.3) is 0 Å². The van der Waals surface area contributed by atoms with Gasteiger partial charge >= 0.3 is 5.97 Å². The maximum Gasteiger partial charge on any atom is 0.306 e. The van der Waals surface area contributed by atoms with Crippen molar-refractivity contribution in [2.75, 3.05) is 0 Å². The first kappa shape index (κ1) is 23.5. The zero-order chi connectivity index (χ0) is 19.4. The van der Waals surface area contributed by atoms with E-state index in [-0.39, 0.29) is 5.97 Å². The van der Waals surface area contributed by atoms with Crippen LogP contribution in [0, 0.1) is 0 Å². The Kier molecular flexibility index (Phi) is 15.5. The molecule has 0 radical (unpaired) electrons. The van der Waals surface area contributed by atoms with Gasteiger partial charge in [-0.25, -0.2) is 0 Å². The number of ether oxygens (including phenoxy) is 1. The summed E-state index contributed by atoms with van der Waals surface area (Å²) in [6.07, 6.45) is 21.8. The van der Waals surface area contributed by atoms with Crippen molar-refractivity contribution in [2.45, 2.75) is 103 Å². The van der Waals surface area contributed by atoms with E-state index in [0.717, 1.165) is 18.4 Å². The van der Waals surface area contributed by atoms with E-state index in [1.54, 1.807) is 0 Å². The van der Waals surface area contributed by atoms with Crippen LogP contribution in [-0.4, -0.2) is 5.97 Å². The molecule has 0 N–H and O–H groups in total. The highest BCUT2D eigenvalue weighted by Gasteiger charge is 2.03. The van der Waals surface area contributed by atoms with Gasteiger partial charge in [-0.3, -0.25) is 4.79 Å². The lowest BCUT2D eigenvalue weighted by Crippen LogP contribution is -2.04. The fourth-order valence-electron chi connectivity index (χ4n) is 3.15. The third kappa shape index (κ3) is 15.2. The summed E-state index contributed by atoms with van der Waals surface area (Å²) < 4.78 is 5.30. The number of benzene rings is 1. The van der Waals surface area contributed by atoms with Gasteiger partial charge in [-0.2, -0.15) is 0 Å². The SMILES string of the molecule is CCCCCCCC/C=C/CCCCCCCC(=O)OCc1ccccc1. The second-order valence-corrected chi connectivity index (χ2v) is 7.48. The highest BCUT2D eigenvalue weighted by Crippen LogP contribution is 2.10. The molecule has 0 aliphatic rings. The zero-order valence-electron chi connectivity index (χ0n) is 17.5. The number of esters is 1. The molecule has 0 heterocycles. The van der Waals surface area contributed by atoms with Gasteiger partial charge in [0, 0.05) is 6.42 Å². The molecule has 152 valence electrons. The number of carbonyl (C=O) groups is 1. The normalized spacial score (nSPS) is 11.1. The summed E-state index contributed by atoms with van der Waals surface area (Å²) in [6, 6.07) is 9.86. The smallest absolute Gasteiger partial charge is 0.306 e. The van der Waals surface area contributed by atoms with Crippen LogP contribution in [-0.2, 0) is 16.1 Å². The number of carbonyl (C=O) groups excluding carboxylic acids is 1. The summed E-state index contributed by atoms with van der Waals surface area (Å²) in [5, 5.41) is 0. The molecule has 1 rings (SSSR count). The third-order valence-electron chi connectivity index (χ3n) is 4.89. The Hall–Kier alpha value is -1.57.